The number of nitrogens with two attached hydrogens (primary N) is 1. The summed E-state index contributed by atoms with van der Waals surface area (Å²) in [5, 5.41) is 0. The molecule has 0 aromatic carbocycles. The Morgan fingerprint density at radius 3 is 2.86 bits per heavy atom. The molecule has 0 atom stereocenters. The largest absolute Gasteiger partial charge is 0.325 e. The van der Waals surface area contributed by atoms with Gasteiger partial charge in [-0.25, -0.2) is 13.8 Å². The highest BCUT2D eigenvalue weighted by Gasteiger charge is 2.33. The van der Waals surface area contributed by atoms with Crippen molar-refractivity contribution in [1.82, 2.24) is 4.98 Å². The average molecular weight is 218 g/mol. The molecule has 1 aliphatic carbocycles. The van der Waals surface area contributed by atoms with Crippen LogP contribution in [0.4, 0.5) is 8.78 Å². The summed E-state index contributed by atoms with van der Waals surface area (Å²) in [5.41, 5.74) is 7.53. The maximum absolute atomic E-state index is 13.0. The van der Waals surface area contributed by atoms with Gasteiger partial charge in [-0.3, -0.25) is 0 Å². The molecule has 1 saturated carbocycles. The van der Waals surface area contributed by atoms with Crippen LogP contribution in [0.5, 0.6) is 0 Å². The van der Waals surface area contributed by atoms with Crippen LogP contribution >= 0.6 is 11.3 Å². The van der Waals surface area contributed by atoms with Crippen LogP contribution in [-0.2, 0) is 6.42 Å². The van der Waals surface area contributed by atoms with Gasteiger partial charge in [-0.05, 0) is 12.8 Å². The zero-order chi connectivity index (χ0) is 10.2. The molecule has 1 heterocycles. The summed E-state index contributed by atoms with van der Waals surface area (Å²) in [6, 6.07) is 0. The number of rotatable bonds is 4. The Morgan fingerprint density at radius 2 is 2.29 bits per heavy atom. The van der Waals surface area contributed by atoms with Crippen LogP contribution in [0.2, 0.25) is 0 Å². The minimum atomic E-state index is -2.78. The summed E-state index contributed by atoms with van der Waals surface area (Å²) in [7, 11) is 0. The van der Waals surface area contributed by atoms with Crippen molar-refractivity contribution in [3.8, 4) is 0 Å². The smallest absolute Gasteiger partial charge is 0.264 e. The second-order valence-corrected chi connectivity index (χ2v) is 4.61. The molecule has 2 nitrogen and oxygen atoms in total. The van der Waals surface area contributed by atoms with Crippen LogP contribution in [0.15, 0.2) is 5.51 Å². The number of aromatic nitrogens is 1. The number of hydrogen-bond acceptors (Lipinski definition) is 3. The lowest BCUT2D eigenvalue weighted by Crippen LogP contribution is -2.30. The molecule has 0 saturated heterocycles. The van der Waals surface area contributed by atoms with E-state index in [0.717, 1.165) is 18.5 Å². The Morgan fingerprint density at radius 1 is 1.57 bits per heavy atom. The normalized spacial score (nSPS) is 17.4. The topological polar surface area (TPSA) is 38.9 Å². The molecule has 0 spiro atoms. The minimum Gasteiger partial charge on any atom is -0.325 e. The van der Waals surface area contributed by atoms with Crippen molar-refractivity contribution >= 4 is 11.3 Å². The minimum absolute atomic E-state index is 0.250. The van der Waals surface area contributed by atoms with Gasteiger partial charge in [-0.2, -0.15) is 0 Å². The van der Waals surface area contributed by atoms with E-state index in [4.69, 9.17) is 5.73 Å². The Bertz CT molecular complexity index is 320. The maximum atomic E-state index is 13.0. The highest BCUT2D eigenvalue weighted by Crippen LogP contribution is 2.42. The van der Waals surface area contributed by atoms with Crippen molar-refractivity contribution in [2.24, 2.45) is 5.73 Å². The van der Waals surface area contributed by atoms with E-state index < -0.39 is 12.5 Å². The quantitative estimate of drug-likeness (QED) is 0.841. The van der Waals surface area contributed by atoms with Crippen LogP contribution in [0.25, 0.3) is 0 Å². The maximum Gasteiger partial charge on any atom is 0.264 e. The highest BCUT2D eigenvalue weighted by molar-refractivity contribution is 7.09. The third kappa shape index (κ3) is 2.09. The second kappa shape index (κ2) is 3.55. The summed E-state index contributed by atoms with van der Waals surface area (Å²) in [6.07, 6.45) is 1.93. The fourth-order valence-corrected chi connectivity index (χ4v) is 2.34. The van der Waals surface area contributed by atoms with Crippen LogP contribution in [0, 0.1) is 0 Å². The molecule has 5 heteroatoms. The van der Waals surface area contributed by atoms with Gasteiger partial charge in [0, 0.05) is 17.2 Å². The summed E-state index contributed by atoms with van der Waals surface area (Å²) >= 11 is 1.31. The van der Waals surface area contributed by atoms with E-state index >= 15 is 0 Å². The molecule has 14 heavy (non-hydrogen) atoms. The Kier molecular flexibility index (Phi) is 2.53. The summed E-state index contributed by atoms with van der Waals surface area (Å²) in [5.74, 6) is -2.35. The lowest BCUT2D eigenvalue weighted by molar-refractivity contribution is 0.0120. The number of halogens is 2. The number of nitrogens with zero attached hydrogens (tertiary/aromatic N) is 1. The van der Waals surface area contributed by atoms with Gasteiger partial charge in [-0.1, -0.05) is 0 Å². The third-order valence-electron chi connectivity index (χ3n) is 2.35. The molecule has 0 aliphatic heterocycles. The van der Waals surface area contributed by atoms with E-state index in [1.165, 1.54) is 11.3 Å². The van der Waals surface area contributed by atoms with E-state index in [1.807, 2.05) is 0 Å². The van der Waals surface area contributed by atoms with Crippen LogP contribution < -0.4 is 5.73 Å². The zero-order valence-electron chi connectivity index (χ0n) is 7.67. The van der Waals surface area contributed by atoms with Crippen LogP contribution in [0.3, 0.4) is 0 Å². The van der Waals surface area contributed by atoms with Crippen molar-refractivity contribution in [2.45, 2.75) is 31.1 Å². The predicted octanol–water partition coefficient (Wildman–Crippen LogP) is 2.16. The lowest BCUT2D eigenvalue weighted by Gasteiger charge is -2.12. The molecule has 78 valence electrons. The third-order valence-corrected chi connectivity index (χ3v) is 3.20. The first-order valence-electron chi connectivity index (χ1n) is 4.62. The first-order valence-corrected chi connectivity index (χ1v) is 5.50. The first kappa shape index (κ1) is 9.98. The molecule has 1 aromatic rings. The van der Waals surface area contributed by atoms with E-state index in [0.29, 0.717) is 10.8 Å². The van der Waals surface area contributed by atoms with Gasteiger partial charge >= 0.3 is 0 Å². The molecular formula is C9H12F2N2S. The molecular weight excluding hydrogens is 206 g/mol. The summed E-state index contributed by atoms with van der Waals surface area (Å²) in [6.45, 7) is -0.588. The van der Waals surface area contributed by atoms with E-state index in [9.17, 15) is 8.78 Å². The Labute approximate surface area is 85.1 Å². The molecule has 0 unspecified atom stereocenters. The van der Waals surface area contributed by atoms with Gasteiger partial charge in [0.15, 0.2) is 0 Å². The van der Waals surface area contributed by atoms with Gasteiger partial charge < -0.3 is 5.73 Å². The summed E-state index contributed by atoms with van der Waals surface area (Å²) < 4.78 is 26.1. The average Bonchev–Trinajstić information content (AvgIpc) is 2.88. The molecule has 0 radical (unpaired) electrons. The molecule has 0 amide bonds. The van der Waals surface area contributed by atoms with Crippen molar-refractivity contribution in [3.63, 3.8) is 0 Å². The predicted molar refractivity (Wildman–Crippen MR) is 51.8 cm³/mol. The van der Waals surface area contributed by atoms with Crippen molar-refractivity contribution < 1.29 is 8.78 Å². The van der Waals surface area contributed by atoms with Gasteiger partial charge in [0.2, 0.25) is 0 Å². The van der Waals surface area contributed by atoms with E-state index in [-0.39, 0.29) is 6.42 Å². The summed E-state index contributed by atoms with van der Waals surface area (Å²) in [4.78, 5) is 4.85. The van der Waals surface area contributed by atoms with E-state index in [2.05, 4.69) is 4.98 Å². The molecule has 1 fully saturated rings. The van der Waals surface area contributed by atoms with Gasteiger partial charge in [0.1, 0.15) is 0 Å². The Balaban J connectivity index is 2.11. The number of thiazole rings is 1. The fourth-order valence-electron chi connectivity index (χ4n) is 1.41. The number of hydrogen-bond donors (Lipinski definition) is 1. The van der Waals surface area contributed by atoms with Crippen molar-refractivity contribution in [3.05, 3.63) is 16.1 Å². The van der Waals surface area contributed by atoms with Crippen LogP contribution in [0.1, 0.15) is 29.3 Å². The number of alkyl halides is 2. The van der Waals surface area contributed by atoms with Crippen LogP contribution in [-0.4, -0.2) is 17.5 Å². The van der Waals surface area contributed by atoms with E-state index in [1.54, 1.807) is 5.51 Å². The molecule has 0 bridgehead atoms. The van der Waals surface area contributed by atoms with Crippen molar-refractivity contribution in [2.75, 3.05) is 6.54 Å². The molecule has 2 N–H and O–H groups in total. The monoisotopic (exact) mass is 218 g/mol. The fraction of sp³-hybridized carbons (Fsp3) is 0.667. The van der Waals surface area contributed by atoms with Crippen molar-refractivity contribution in [1.29, 1.82) is 0 Å². The standard InChI is InChI=1S/C9H12F2N2S/c10-9(11,4-12)3-7-8(6-1-2-6)13-5-14-7/h5-6H,1-4,12H2. The van der Waals surface area contributed by atoms with Gasteiger partial charge in [0.25, 0.3) is 5.92 Å². The lowest BCUT2D eigenvalue weighted by atomic mass is 10.1. The highest BCUT2D eigenvalue weighted by atomic mass is 32.1. The van der Waals surface area contributed by atoms with Gasteiger partial charge in [0.05, 0.1) is 17.7 Å². The SMILES string of the molecule is NCC(F)(F)Cc1scnc1C1CC1. The molecule has 1 aliphatic rings. The molecule has 1 aromatic heterocycles. The first-order chi connectivity index (χ1) is 6.62. The van der Waals surface area contributed by atoms with Gasteiger partial charge in [-0.15, -0.1) is 11.3 Å². The second-order valence-electron chi connectivity index (χ2n) is 3.67. The Hall–Kier alpha value is -0.550. The molecule has 2 rings (SSSR count). The zero-order valence-corrected chi connectivity index (χ0v) is 8.49.